The van der Waals surface area contributed by atoms with Gasteiger partial charge in [0.2, 0.25) is 5.91 Å². The first kappa shape index (κ1) is 10.7. The lowest BCUT2D eigenvalue weighted by Crippen LogP contribution is -2.27. The third-order valence-electron chi connectivity index (χ3n) is 1.96. The summed E-state index contributed by atoms with van der Waals surface area (Å²) in [6, 6.07) is 5.48. The van der Waals surface area contributed by atoms with Crippen LogP contribution in [0, 0.1) is 0 Å². The molecule has 0 bridgehead atoms. The maximum absolute atomic E-state index is 11.5. The van der Waals surface area contributed by atoms with Gasteiger partial charge in [0.05, 0.1) is 0 Å². The molecule has 0 unspecified atom stereocenters. The van der Waals surface area contributed by atoms with E-state index in [2.05, 4.69) is 4.98 Å². The van der Waals surface area contributed by atoms with Gasteiger partial charge >= 0.3 is 0 Å². The van der Waals surface area contributed by atoms with Crippen LogP contribution in [0.3, 0.4) is 0 Å². The third kappa shape index (κ3) is 2.81. The summed E-state index contributed by atoms with van der Waals surface area (Å²) in [4.78, 5) is 17.2. The zero-order valence-corrected chi connectivity index (χ0v) is 8.31. The van der Waals surface area contributed by atoms with Gasteiger partial charge in [0, 0.05) is 19.7 Å². The maximum Gasteiger partial charge on any atom is 0.227 e. The number of pyridine rings is 1. The molecule has 76 valence electrons. The molecule has 0 aliphatic carbocycles. The second-order valence-corrected chi connectivity index (χ2v) is 3.03. The summed E-state index contributed by atoms with van der Waals surface area (Å²) in [5.41, 5.74) is 5.33. The molecule has 0 radical (unpaired) electrons. The molecule has 0 aliphatic rings. The van der Waals surface area contributed by atoms with Gasteiger partial charge < -0.3 is 5.73 Å². The molecular weight excluding hydrogens is 178 g/mol. The van der Waals surface area contributed by atoms with E-state index in [9.17, 15) is 4.79 Å². The minimum atomic E-state index is 0.0501. The Morgan fingerprint density at radius 3 is 2.93 bits per heavy atom. The SMILES string of the molecule is CN(C(=O)CCCN)c1ccccn1. The summed E-state index contributed by atoms with van der Waals surface area (Å²) >= 11 is 0. The Bertz CT molecular complexity index is 287. The van der Waals surface area contributed by atoms with E-state index in [0.29, 0.717) is 18.8 Å². The minimum Gasteiger partial charge on any atom is -0.330 e. The van der Waals surface area contributed by atoms with Crippen LogP contribution in [0.1, 0.15) is 12.8 Å². The Morgan fingerprint density at radius 2 is 2.36 bits per heavy atom. The molecule has 1 heterocycles. The zero-order chi connectivity index (χ0) is 10.4. The number of carbonyl (C=O) groups is 1. The topological polar surface area (TPSA) is 59.2 Å². The Morgan fingerprint density at radius 1 is 1.57 bits per heavy atom. The van der Waals surface area contributed by atoms with Gasteiger partial charge in [-0.3, -0.25) is 9.69 Å². The fourth-order valence-electron chi connectivity index (χ4n) is 1.10. The van der Waals surface area contributed by atoms with Crippen molar-refractivity contribution in [3.05, 3.63) is 24.4 Å². The molecule has 0 saturated heterocycles. The predicted molar refractivity (Wildman–Crippen MR) is 55.9 cm³/mol. The maximum atomic E-state index is 11.5. The molecule has 2 N–H and O–H groups in total. The highest BCUT2D eigenvalue weighted by Crippen LogP contribution is 2.08. The van der Waals surface area contributed by atoms with Crippen LogP contribution in [0.15, 0.2) is 24.4 Å². The van der Waals surface area contributed by atoms with Crippen LogP contribution in [0.4, 0.5) is 5.82 Å². The molecule has 1 amide bonds. The number of amides is 1. The summed E-state index contributed by atoms with van der Waals surface area (Å²) in [7, 11) is 1.72. The Balaban J connectivity index is 2.57. The third-order valence-corrected chi connectivity index (χ3v) is 1.96. The van der Waals surface area contributed by atoms with Gasteiger partial charge in [-0.1, -0.05) is 6.07 Å². The van der Waals surface area contributed by atoms with Crippen LogP contribution in [0.5, 0.6) is 0 Å². The largest absolute Gasteiger partial charge is 0.330 e. The minimum absolute atomic E-state index is 0.0501. The van der Waals surface area contributed by atoms with Crippen molar-refractivity contribution in [3.8, 4) is 0 Å². The number of anilines is 1. The molecule has 0 fully saturated rings. The molecule has 4 heteroatoms. The molecule has 0 aliphatic heterocycles. The summed E-state index contributed by atoms with van der Waals surface area (Å²) in [5, 5.41) is 0. The molecule has 4 nitrogen and oxygen atoms in total. The van der Waals surface area contributed by atoms with E-state index in [0.717, 1.165) is 6.42 Å². The van der Waals surface area contributed by atoms with Crippen LogP contribution >= 0.6 is 0 Å². The number of hydrogen-bond donors (Lipinski definition) is 1. The summed E-state index contributed by atoms with van der Waals surface area (Å²) in [6.07, 6.45) is 2.86. The van der Waals surface area contributed by atoms with E-state index >= 15 is 0 Å². The van der Waals surface area contributed by atoms with Crippen molar-refractivity contribution < 1.29 is 4.79 Å². The smallest absolute Gasteiger partial charge is 0.227 e. The van der Waals surface area contributed by atoms with E-state index in [-0.39, 0.29) is 5.91 Å². The average molecular weight is 193 g/mol. The van der Waals surface area contributed by atoms with Gasteiger partial charge in [-0.2, -0.15) is 0 Å². The molecule has 0 atom stereocenters. The molecule has 1 aromatic rings. The predicted octanol–water partition coefficient (Wildman–Crippen LogP) is 0.783. The van der Waals surface area contributed by atoms with E-state index in [1.54, 1.807) is 24.2 Å². The summed E-state index contributed by atoms with van der Waals surface area (Å²) in [5.74, 6) is 0.726. The summed E-state index contributed by atoms with van der Waals surface area (Å²) < 4.78 is 0. The normalized spacial score (nSPS) is 9.86. The number of aromatic nitrogens is 1. The van der Waals surface area contributed by atoms with Gasteiger partial charge in [-0.05, 0) is 25.1 Å². The van der Waals surface area contributed by atoms with Crippen molar-refractivity contribution in [2.75, 3.05) is 18.5 Å². The quantitative estimate of drug-likeness (QED) is 0.768. The first-order valence-corrected chi connectivity index (χ1v) is 4.63. The van der Waals surface area contributed by atoms with Crippen LogP contribution in [-0.2, 0) is 4.79 Å². The average Bonchev–Trinajstić information content (AvgIpc) is 2.26. The van der Waals surface area contributed by atoms with E-state index < -0.39 is 0 Å². The highest BCUT2D eigenvalue weighted by molar-refractivity contribution is 5.91. The highest BCUT2D eigenvalue weighted by atomic mass is 16.2. The Labute approximate surface area is 83.7 Å². The van der Waals surface area contributed by atoms with Crippen molar-refractivity contribution >= 4 is 11.7 Å². The van der Waals surface area contributed by atoms with Crippen LogP contribution < -0.4 is 10.6 Å². The standard InChI is InChI=1S/C10H15N3O/c1-13(10(14)6-4-7-11)9-5-2-3-8-12-9/h2-3,5,8H,4,6-7,11H2,1H3. The number of hydrogen-bond acceptors (Lipinski definition) is 3. The molecule has 0 aromatic carbocycles. The first-order chi connectivity index (χ1) is 6.75. The lowest BCUT2D eigenvalue weighted by Gasteiger charge is -2.15. The number of nitrogens with zero attached hydrogens (tertiary/aromatic N) is 2. The van der Waals surface area contributed by atoms with E-state index in [4.69, 9.17) is 5.73 Å². The van der Waals surface area contributed by atoms with Crippen LogP contribution in [0.25, 0.3) is 0 Å². The zero-order valence-electron chi connectivity index (χ0n) is 8.31. The molecule has 0 spiro atoms. The highest BCUT2D eigenvalue weighted by Gasteiger charge is 2.09. The van der Waals surface area contributed by atoms with Crippen LogP contribution in [-0.4, -0.2) is 24.5 Å². The second kappa shape index (κ2) is 5.34. The molecule has 0 saturated carbocycles. The van der Waals surface area contributed by atoms with E-state index in [1.165, 1.54) is 0 Å². The van der Waals surface area contributed by atoms with Gasteiger partial charge in [0.15, 0.2) is 0 Å². The van der Waals surface area contributed by atoms with Gasteiger partial charge in [-0.15, -0.1) is 0 Å². The Hall–Kier alpha value is -1.42. The number of rotatable bonds is 4. The number of nitrogens with two attached hydrogens (primary N) is 1. The van der Waals surface area contributed by atoms with Crippen molar-refractivity contribution in [2.24, 2.45) is 5.73 Å². The van der Waals surface area contributed by atoms with Crippen molar-refractivity contribution in [1.29, 1.82) is 0 Å². The van der Waals surface area contributed by atoms with Gasteiger partial charge in [-0.25, -0.2) is 4.98 Å². The fraction of sp³-hybridized carbons (Fsp3) is 0.400. The lowest BCUT2D eigenvalue weighted by molar-refractivity contribution is -0.118. The van der Waals surface area contributed by atoms with Crippen molar-refractivity contribution in [1.82, 2.24) is 4.98 Å². The van der Waals surface area contributed by atoms with Gasteiger partial charge in [0.1, 0.15) is 5.82 Å². The lowest BCUT2D eigenvalue weighted by atomic mass is 10.3. The number of carbonyl (C=O) groups excluding carboxylic acids is 1. The van der Waals surface area contributed by atoms with Gasteiger partial charge in [0.25, 0.3) is 0 Å². The van der Waals surface area contributed by atoms with Crippen LogP contribution in [0.2, 0.25) is 0 Å². The van der Waals surface area contributed by atoms with Crippen molar-refractivity contribution in [2.45, 2.75) is 12.8 Å². The second-order valence-electron chi connectivity index (χ2n) is 3.03. The molecular formula is C10H15N3O. The monoisotopic (exact) mass is 193 g/mol. The fourth-order valence-corrected chi connectivity index (χ4v) is 1.10. The molecule has 1 rings (SSSR count). The van der Waals surface area contributed by atoms with Crippen molar-refractivity contribution in [3.63, 3.8) is 0 Å². The Kier molecular flexibility index (Phi) is 4.07. The molecule has 14 heavy (non-hydrogen) atoms. The molecule has 1 aromatic heterocycles. The first-order valence-electron chi connectivity index (χ1n) is 4.63. The van der Waals surface area contributed by atoms with E-state index in [1.807, 2.05) is 12.1 Å². The summed E-state index contributed by atoms with van der Waals surface area (Å²) in [6.45, 7) is 0.543.